The molecule has 0 unspecified atom stereocenters. The number of anilines is 1. The third-order valence-corrected chi connectivity index (χ3v) is 3.23. The monoisotopic (exact) mass is 277 g/mol. The third-order valence-electron chi connectivity index (χ3n) is 3.23. The second-order valence-corrected chi connectivity index (χ2v) is 5.51. The summed E-state index contributed by atoms with van der Waals surface area (Å²) in [6.07, 6.45) is 6.05. The van der Waals surface area contributed by atoms with E-state index in [4.69, 9.17) is 0 Å². The van der Waals surface area contributed by atoms with E-state index in [1.165, 1.54) is 25.7 Å². The molecule has 0 spiro atoms. The van der Waals surface area contributed by atoms with E-state index in [1.54, 1.807) is 13.1 Å². The van der Waals surface area contributed by atoms with Crippen LogP contribution in [0.3, 0.4) is 0 Å². The molecule has 1 amide bonds. The number of rotatable bonds is 9. The zero-order valence-corrected chi connectivity index (χ0v) is 12.9. The Balaban J connectivity index is 2.16. The molecule has 0 bridgehead atoms. The lowest BCUT2D eigenvalue weighted by Gasteiger charge is -2.07. The van der Waals surface area contributed by atoms with Gasteiger partial charge in [-0.15, -0.1) is 0 Å². The van der Waals surface area contributed by atoms with Crippen LogP contribution in [0.2, 0.25) is 0 Å². The van der Waals surface area contributed by atoms with Crippen molar-refractivity contribution in [2.75, 3.05) is 18.9 Å². The van der Waals surface area contributed by atoms with Crippen LogP contribution in [0.5, 0.6) is 0 Å². The van der Waals surface area contributed by atoms with Gasteiger partial charge in [0.1, 0.15) is 11.5 Å². The SMILES string of the molecule is CNc1cccc(C(=O)NCCCCCCC(C)C)n1. The molecule has 1 rings (SSSR count). The van der Waals surface area contributed by atoms with Gasteiger partial charge in [-0.2, -0.15) is 0 Å². The summed E-state index contributed by atoms with van der Waals surface area (Å²) in [5.74, 6) is 1.41. The van der Waals surface area contributed by atoms with Crippen LogP contribution in [0.4, 0.5) is 5.82 Å². The van der Waals surface area contributed by atoms with Crippen LogP contribution in [-0.2, 0) is 0 Å². The van der Waals surface area contributed by atoms with Crippen LogP contribution in [0.15, 0.2) is 18.2 Å². The molecule has 0 saturated carbocycles. The van der Waals surface area contributed by atoms with Crippen molar-refractivity contribution in [2.45, 2.75) is 46.0 Å². The molecular formula is C16H27N3O. The van der Waals surface area contributed by atoms with Gasteiger partial charge >= 0.3 is 0 Å². The van der Waals surface area contributed by atoms with Crippen LogP contribution < -0.4 is 10.6 Å². The van der Waals surface area contributed by atoms with Gasteiger partial charge in [0, 0.05) is 13.6 Å². The fourth-order valence-corrected chi connectivity index (χ4v) is 2.02. The molecular weight excluding hydrogens is 250 g/mol. The molecule has 4 nitrogen and oxygen atoms in total. The maximum atomic E-state index is 11.9. The number of pyridine rings is 1. The summed E-state index contributed by atoms with van der Waals surface area (Å²) in [4.78, 5) is 16.1. The first-order chi connectivity index (χ1) is 9.63. The van der Waals surface area contributed by atoms with Crippen LogP contribution in [0, 0.1) is 5.92 Å². The fraction of sp³-hybridized carbons (Fsp3) is 0.625. The Bertz CT molecular complexity index is 404. The number of hydrogen-bond acceptors (Lipinski definition) is 3. The number of carbonyl (C=O) groups is 1. The van der Waals surface area contributed by atoms with Gasteiger partial charge in [0.2, 0.25) is 0 Å². The number of carbonyl (C=O) groups excluding carboxylic acids is 1. The van der Waals surface area contributed by atoms with E-state index in [1.807, 2.05) is 12.1 Å². The van der Waals surface area contributed by atoms with Crippen molar-refractivity contribution in [2.24, 2.45) is 5.92 Å². The van der Waals surface area contributed by atoms with Gasteiger partial charge < -0.3 is 10.6 Å². The van der Waals surface area contributed by atoms with Crippen molar-refractivity contribution in [3.63, 3.8) is 0 Å². The lowest BCUT2D eigenvalue weighted by Crippen LogP contribution is -2.25. The zero-order chi connectivity index (χ0) is 14.8. The number of nitrogens with zero attached hydrogens (tertiary/aromatic N) is 1. The maximum absolute atomic E-state index is 11.9. The Hall–Kier alpha value is -1.58. The molecule has 0 aromatic carbocycles. The van der Waals surface area contributed by atoms with Gasteiger partial charge in [0.25, 0.3) is 5.91 Å². The first kappa shape index (κ1) is 16.5. The van der Waals surface area contributed by atoms with Crippen molar-refractivity contribution in [1.82, 2.24) is 10.3 Å². The standard InChI is InChI=1S/C16H27N3O/c1-13(2)9-6-4-5-7-12-18-16(20)14-10-8-11-15(17-3)19-14/h8,10-11,13H,4-7,9,12H2,1-3H3,(H,17,19)(H,18,20). The third kappa shape index (κ3) is 6.55. The van der Waals surface area contributed by atoms with Gasteiger partial charge in [-0.25, -0.2) is 4.98 Å². The number of amides is 1. The fourth-order valence-electron chi connectivity index (χ4n) is 2.02. The molecule has 0 fully saturated rings. The molecule has 2 N–H and O–H groups in total. The van der Waals surface area contributed by atoms with Crippen LogP contribution in [-0.4, -0.2) is 24.5 Å². The second kappa shape index (κ2) is 9.34. The Labute approximate surface area is 122 Å². The largest absolute Gasteiger partial charge is 0.373 e. The predicted octanol–water partition coefficient (Wildman–Crippen LogP) is 3.46. The van der Waals surface area contributed by atoms with E-state index >= 15 is 0 Å². The first-order valence-corrected chi connectivity index (χ1v) is 7.56. The zero-order valence-electron chi connectivity index (χ0n) is 12.9. The highest BCUT2D eigenvalue weighted by atomic mass is 16.1. The van der Waals surface area contributed by atoms with Crippen molar-refractivity contribution in [3.8, 4) is 0 Å². The molecule has 4 heteroatoms. The van der Waals surface area contributed by atoms with Crippen molar-refractivity contribution >= 4 is 11.7 Å². The number of nitrogens with one attached hydrogen (secondary N) is 2. The van der Waals surface area contributed by atoms with E-state index in [0.717, 1.165) is 18.9 Å². The molecule has 0 aliphatic carbocycles. The Kier molecular flexibility index (Phi) is 7.70. The minimum atomic E-state index is -0.0933. The minimum absolute atomic E-state index is 0.0933. The van der Waals surface area contributed by atoms with Gasteiger partial charge in [-0.05, 0) is 24.5 Å². The lowest BCUT2D eigenvalue weighted by molar-refractivity contribution is 0.0948. The first-order valence-electron chi connectivity index (χ1n) is 7.56. The highest BCUT2D eigenvalue weighted by molar-refractivity contribution is 5.92. The molecule has 1 aromatic heterocycles. The van der Waals surface area contributed by atoms with Crippen LogP contribution >= 0.6 is 0 Å². The van der Waals surface area contributed by atoms with Crippen molar-refractivity contribution < 1.29 is 4.79 Å². The Morgan fingerprint density at radius 3 is 2.65 bits per heavy atom. The molecule has 20 heavy (non-hydrogen) atoms. The topological polar surface area (TPSA) is 54.0 Å². The number of aromatic nitrogens is 1. The van der Waals surface area contributed by atoms with E-state index in [9.17, 15) is 4.79 Å². The van der Waals surface area contributed by atoms with E-state index in [2.05, 4.69) is 29.5 Å². The maximum Gasteiger partial charge on any atom is 0.269 e. The van der Waals surface area contributed by atoms with Gasteiger partial charge in [0.05, 0.1) is 0 Å². The second-order valence-electron chi connectivity index (χ2n) is 5.51. The van der Waals surface area contributed by atoms with Gasteiger partial charge in [-0.3, -0.25) is 4.79 Å². The van der Waals surface area contributed by atoms with Crippen LogP contribution in [0.1, 0.15) is 56.4 Å². The summed E-state index contributed by atoms with van der Waals surface area (Å²) in [5, 5.41) is 5.85. The highest BCUT2D eigenvalue weighted by Gasteiger charge is 2.06. The predicted molar refractivity (Wildman–Crippen MR) is 84.0 cm³/mol. The molecule has 0 aliphatic rings. The smallest absolute Gasteiger partial charge is 0.269 e. The Morgan fingerprint density at radius 2 is 1.95 bits per heavy atom. The molecule has 1 heterocycles. The van der Waals surface area contributed by atoms with Gasteiger partial charge in [0.15, 0.2) is 0 Å². The van der Waals surface area contributed by atoms with Crippen molar-refractivity contribution in [1.29, 1.82) is 0 Å². The summed E-state index contributed by atoms with van der Waals surface area (Å²) in [5.41, 5.74) is 0.469. The Morgan fingerprint density at radius 1 is 1.20 bits per heavy atom. The van der Waals surface area contributed by atoms with Gasteiger partial charge in [-0.1, -0.05) is 45.6 Å². The summed E-state index contributed by atoms with van der Waals surface area (Å²) in [6.45, 7) is 5.24. The lowest BCUT2D eigenvalue weighted by atomic mass is 10.0. The minimum Gasteiger partial charge on any atom is -0.373 e. The number of unbranched alkanes of at least 4 members (excludes halogenated alkanes) is 3. The molecule has 0 saturated heterocycles. The molecule has 0 atom stereocenters. The van der Waals surface area contributed by atoms with E-state index in [-0.39, 0.29) is 5.91 Å². The molecule has 0 radical (unpaired) electrons. The summed E-state index contributed by atoms with van der Waals surface area (Å²) in [7, 11) is 1.79. The van der Waals surface area contributed by atoms with Crippen molar-refractivity contribution in [3.05, 3.63) is 23.9 Å². The summed E-state index contributed by atoms with van der Waals surface area (Å²) in [6, 6.07) is 5.41. The highest BCUT2D eigenvalue weighted by Crippen LogP contribution is 2.09. The summed E-state index contributed by atoms with van der Waals surface area (Å²) < 4.78 is 0. The van der Waals surface area contributed by atoms with Crippen LogP contribution in [0.25, 0.3) is 0 Å². The summed E-state index contributed by atoms with van der Waals surface area (Å²) >= 11 is 0. The van der Waals surface area contributed by atoms with E-state index in [0.29, 0.717) is 11.5 Å². The average Bonchev–Trinajstić information content (AvgIpc) is 2.45. The average molecular weight is 277 g/mol. The van der Waals surface area contributed by atoms with E-state index < -0.39 is 0 Å². The molecule has 0 aliphatic heterocycles. The normalized spacial score (nSPS) is 10.6. The quantitative estimate of drug-likeness (QED) is 0.680. The molecule has 1 aromatic rings. The molecule has 112 valence electrons. The number of hydrogen-bond donors (Lipinski definition) is 2.